The third-order valence-electron chi connectivity index (χ3n) is 0.566. The average Bonchev–Trinajstić information content (AvgIpc) is 1.68. The predicted molar refractivity (Wildman–Crippen MR) is 28.6 cm³/mol. The summed E-state index contributed by atoms with van der Waals surface area (Å²) in [5.41, 5.74) is 0. The van der Waals surface area contributed by atoms with Crippen LogP contribution < -0.4 is 0 Å². The number of rotatable bonds is 1. The Labute approximate surface area is 43.4 Å². The van der Waals surface area contributed by atoms with E-state index in [0.29, 0.717) is 0 Å². The molecule has 0 aromatic rings. The van der Waals surface area contributed by atoms with Gasteiger partial charge in [0.25, 0.3) is 0 Å². The Balaban J connectivity index is 3.58. The van der Waals surface area contributed by atoms with Crippen LogP contribution in [0.4, 0.5) is 0 Å². The van der Waals surface area contributed by atoms with Crippen LogP contribution in [0.15, 0.2) is 12.3 Å². The lowest BCUT2D eigenvalue weighted by Gasteiger charge is -1.73. The van der Waals surface area contributed by atoms with E-state index in [9.17, 15) is 0 Å². The van der Waals surface area contributed by atoms with Crippen LogP contribution >= 0.6 is 0 Å². The molecule has 0 aromatic carbocycles. The molecular formula is C5H10NO+. The first-order chi connectivity index (χ1) is 3.31. The van der Waals surface area contributed by atoms with E-state index in [1.165, 1.54) is 0 Å². The van der Waals surface area contributed by atoms with E-state index in [2.05, 4.69) is 0 Å². The molecule has 0 bridgehead atoms. The van der Waals surface area contributed by atoms with Crippen LogP contribution in [-0.2, 0) is 0 Å². The summed E-state index contributed by atoms with van der Waals surface area (Å²) < 4.78 is 1.00. The Morgan fingerprint density at radius 1 is 1.43 bits per heavy atom. The second-order valence-electron chi connectivity index (χ2n) is 1.12. The molecule has 0 saturated heterocycles. The Morgan fingerprint density at radius 2 is 2.00 bits per heavy atom. The van der Waals surface area contributed by atoms with Crippen molar-refractivity contribution in [1.29, 1.82) is 0 Å². The number of hydroxylamine groups is 1. The zero-order valence-corrected chi connectivity index (χ0v) is 4.63. The van der Waals surface area contributed by atoms with Gasteiger partial charge in [0.05, 0.1) is 0 Å². The van der Waals surface area contributed by atoms with Crippen LogP contribution in [0.5, 0.6) is 0 Å². The van der Waals surface area contributed by atoms with Gasteiger partial charge in [-0.25, -0.2) is 0 Å². The Kier molecular flexibility index (Phi) is 3.02. The first-order valence-electron chi connectivity index (χ1n) is 2.20. The molecule has 0 saturated carbocycles. The highest BCUT2D eigenvalue weighted by atomic mass is 16.5. The number of hydrogen-bond donors (Lipinski definition) is 1. The van der Waals surface area contributed by atoms with Gasteiger partial charge in [0.2, 0.25) is 6.20 Å². The molecule has 0 heterocycles. The molecule has 0 rings (SSSR count). The van der Waals surface area contributed by atoms with Crippen molar-refractivity contribution < 1.29 is 9.95 Å². The smallest absolute Gasteiger partial charge is 0.217 e. The molecule has 7 heavy (non-hydrogen) atoms. The fraction of sp³-hybridized carbons (Fsp3) is 0.400. The summed E-state index contributed by atoms with van der Waals surface area (Å²) in [5.74, 6) is 0. The van der Waals surface area contributed by atoms with Gasteiger partial charge in [-0.2, -0.15) is 0 Å². The fourth-order valence-corrected chi connectivity index (χ4v) is 0.239. The van der Waals surface area contributed by atoms with Gasteiger partial charge in [-0.1, -0.05) is 0 Å². The maximum absolute atomic E-state index is 8.55. The van der Waals surface area contributed by atoms with E-state index in [1.807, 2.05) is 6.92 Å². The largest absolute Gasteiger partial charge is 0.286 e. The van der Waals surface area contributed by atoms with Crippen molar-refractivity contribution in [3.8, 4) is 0 Å². The van der Waals surface area contributed by atoms with E-state index < -0.39 is 0 Å². The summed E-state index contributed by atoms with van der Waals surface area (Å²) in [7, 11) is 0. The standard InChI is InChI=1S/C5H10NO/c1-3-5-6(7)4-2/h3-5,7H,1-2H3/q+1. The molecule has 0 atom stereocenters. The van der Waals surface area contributed by atoms with Crippen LogP contribution in [0.1, 0.15) is 13.8 Å². The lowest BCUT2D eigenvalue weighted by atomic mass is 10.7. The van der Waals surface area contributed by atoms with Gasteiger partial charge in [0.15, 0.2) is 6.21 Å². The van der Waals surface area contributed by atoms with Crippen LogP contribution in [-0.4, -0.2) is 16.2 Å². The predicted octanol–water partition coefficient (Wildman–Crippen LogP) is 1.01. The van der Waals surface area contributed by atoms with Crippen molar-refractivity contribution >= 4 is 6.21 Å². The van der Waals surface area contributed by atoms with Gasteiger partial charge >= 0.3 is 0 Å². The molecule has 2 nitrogen and oxygen atoms in total. The molecule has 0 aliphatic carbocycles. The summed E-state index contributed by atoms with van der Waals surface area (Å²) in [6.45, 7) is 3.59. The molecule has 0 aliphatic heterocycles. The zero-order valence-electron chi connectivity index (χ0n) is 4.63. The van der Waals surface area contributed by atoms with Crippen molar-refractivity contribution in [2.24, 2.45) is 0 Å². The van der Waals surface area contributed by atoms with E-state index >= 15 is 0 Å². The second-order valence-corrected chi connectivity index (χ2v) is 1.12. The molecule has 2 heteroatoms. The van der Waals surface area contributed by atoms with Crippen molar-refractivity contribution in [2.45, 2.75) is 13.8 Å². The monoisotopic (exact) mass is 100 g/mol. The fourth-order valence-electron chi connectivity index (χ4n) is 0.239. The number of hydrogen-bond acceptors (Lipinski definition) is 1. The summed E-state index contributed by atoms with van der Waals surface area (Å²) >= 11 is 0. The number of nitrogens with zero attached hydrogens (tertiary/aromatic N) is 1. The molecule has 0 aliphatic rings. The van der Waals surface area contributed by atoms with Gasteiger partial charge in [-0.05, 0) is 17.7 Å². The minimum atomic E-state index is 1.00. The molecule has 0 radical (unpaired) electrons. The Hall–Kier alpha value is -0.790. The molecule has 0 amide bonds. The average molecular weight is 100 g/mol. The van der Waals surface area contributed by atoms with Gasteiger partial charge in [0.1, 0.15) is 0 Å². The van der Waals surface area contributed by atoms with Crippen LogP contribution in [0.2, 0.25) is 0 Å². The molecule has 0 fully saturated rings. The topological polar surface area (TPSA) is 23.2 Å². The van der Waals surface area contributed by atoms with E-state index in [4.69, 9.17) is 5.21 Å². The first kappa shape index (κ1) is 6.21. The quantitative estimate of drug-likeness (QED) is 0.226. The van der Waals surface area contributed by atoms with Crippen LogP contribution in [0.3, 0.4) is 0 Å². The molecular weight excluding hydrogens is 90.1 g/mol. The van der Waals surface area contributed by atoms with E-state index in [0.717, 1.165) is 4.74 Å². The van der Waals surface area contributed by atoms with Crippen molar-refractivity contribution in [2.75, 3.05) is 0 Å². The van der Waals surface area contributed by atoms with Crippen LogP contribution in [0.25, 0.3) is 0 Å². The molecule has 40 valence electrons. The SMILES string of the molecule is CC=C[N+](O)=CC. The van der Waals surface area contributed by atoms with Crippen molar-refractivity contribution in [3.63, 3.8) is 0 Å². The molecule has 0 spiro atoms. The lowest BCUT2D eigenvalue weighted by Crippen LogP contribution is -1.93. The highest BCUT2D eigenvalue weighted by Crippen LogP contribution is 1.66. The summed E-state index contributed by atoms with van der Waals surface area (Å²) in [6, 6.07) is 0. The first-order valence-corrected chi connectivity index (χ1v) is 2.20. The third kappa shape index (κ3) is 3.03. The molecule has 0 unspecified atom stereocenters. The Bertz CT molecular complexity index is 94.3. The minimum absolute atomic E-state index is 1.00. The van der Waals surface area contributed by atoms with Crippen molar-refractivity contribution in [1.82, 2.24) is 0 Å². The van der Waals surface area contributed by atoms with E-state index in [-0.39, 0.29) is 0 Å². The summed E-state index contributed by atoms with van der Waals surface area (Å²) in [6.07, 6.45) is 4.86. The summed E-state index contributed by atoms with van der Waals surface area (Å²) in [4.78, 5) is 0. The van der Waals surface area contributed by atoms with Gasteiger partial charge in [0, 0.05) is 6.92 Å². The lowest BCUT2D eigenvalue weighted by molar-refractivity contribution is -0.722. The van der Waals surface area contributed by atoms with Gasteiger partial charge < -0.3 is 0 Å². The molecule has 0 aromatic heterocycles. The van der Waals surface area contributed by atoms with Crippen LogP contribution in [0, 0.1) is 0 Å². The second kappa shape index (κ2) is 3.40. The zero-order chi connectivity index (χ0) is 5.70. The normalized spacial score (nSPS) is 13.1. The highest BCUT2D eigenvalue weighted by Gasteiger charge is 1.80. The Morgan fingerprint density at radius 3 is 2.14 bits per heavy atom. The van der Waals surface area contributed by atoms with Gasteiger partial charge in [-0.3, -0.25) is 5.21 Å². The summed E-state index contributed by atoms with van der Waals surface area (Å²) in [5, 5.41) is 8.55. The third-order valence-corrected chi connectivity index (χ3v) is 0.566. The van der Waals surface area contributed by atoms with Crippen molar-refractivity contribution in [3.05, 3.63) is 12.3 Å². The minimum Gasteiger partial charge on any atom is -0.286 e. The number of allylic oxidation sites excluding steroid dienone is 1. The van der Waals surface area contributed by atoms with E-state index in [1.54, 1.807) is 25.4 Å². The molecule has 1 N–H and O–H groups in total. The maximum atomic E-state index is 8.55. The van der Waals surface area contributed by atoms with Gasteiger partial charge in [-0.15, -0.1) is 0 Å². The highest BCUT2D eigenvalue weighted by molar-refractivity contribution is 5.46. The maximum Gasteiger partial charge on any atom is 0.217 e.